The zero-order chi connectivity index (χ0) is 18.0. The third-order valence-corrected chi connectivity index (χ3v) is 4.74. The molecule has 6 nitrogen and oxygen atoms in total. The van der Waals surface area contributed by atoms with Crippen molar-refractivity contribution >= 4 is 21.8 Å². The molecule has 1 N–H and O–H groups in total. The number of aromatic nitrogens is 3. The van der Waals surface area contributed by atoms with Crippen LogP contribution >= 0.6 is 0 Å². The second kappa shape index (κ2) is 7.14. The number of H-pyrrole nitrogens is 1. The molecule has 0 aliphatic heterocycles. The molecule has 1 unspecified atom stereocenters. The van der Waals surface area contributed by atoms with E-state index in [0.29, 0.717) is 11.0 Å². The number of ether oxygens (including phenoxy) is 1. The number of hydrogen-bond donors (Lipinski definition) is 1. The van der Waals surface area contributed by atoms with E-state index in [0.717, 1.165) is 10.6 Å². The smallest absolute Gasteiger partial charge is 0.268 e. The first-order valence-corrected chi connectivity index (χ1v) is 8.86. The fourth-order valence-corrected chi connectivity index (χ4v) is 3.23. The van der Waals surface area contributed by atoms with Gasteiger partial charge in [0.25, 0.3) is 5.56 Å². The molecule has 0 aliphatic carbocycles. The van der Waals surface area contributed by atoms with E-state index in [4.69, 9.17) is 4.74 Å². The zero-order valence-corrected chi connectivity index (χ0v) is 14.1. The van der Waals surface area contributed by atoms with Crippen molar-refractivity contribution in [3.05, 3.63) is 46.6 Å². The third-order valence-electron chi connectivity index (χ3n) is 3.53. The van der Waals surface area contributed by atoms with Crippen LogP contribution in [0.3, 0.4) is 0 Å². The molecule has 0 aliphatic rings. The summed E-state index contributed by atoms with van der Waals surface area (Å²) >= 11 is 0. The molecule has 0 radical (unpaired) electrons. The fourth-order valence-electron chi connectivity index (χ4n) is 2.38. The molecule has 0 amide bonds. The van der Waals surface area contributed by atoms with Crippen LogP contribution < -0.4 is 10.3 Å². The Morgan fingerprint density at radius 2 is 2.16 bits per heavy atom. The van der Waals surface area contributed by atoms with E-state index in [1.54, 1.807) is 19.2 Å². The SMILES string of the molecule is CCS(=O)c1nc2[nH]ccc2c(=O)n1-c1ccc(OCCF)c(F)c1. The highest BCUT2D eigenvalue weighted by molar-refractivity contribution is 7.84. The molecule has 0 saturated heterocycles. The Bertz CT molecular complexity index is 1000. The predicted molar refractivity (Wildman–Crippen MR) is 90.1 cm³/mol. The van der Waals surface area contributed by atoms with Crippen LogP contribution in [-0.2, 0) is 10.8 Å². The minimum atomic E-state index is -1.54. The lowest BCUT2D eigenvalue weighted by Crippen LogP contribution is -2.24. The fraction of sp³-hybridized carbons (Fsp3) is 0.250. The molecule has 0 bridgehead atoms. The topological polar surface area (TPSA) is 77.0 Å². The van der Waals surface area contributed by atoms with Gasteiger partial charge in [0.1, 0.15) is 18.9 Å². The van der Waals surface area contributed by atoms with Crippen molar-refractivity contribution < 1.29 is 17.7 Å². The van der Waals surface area contributed by atoms with Gasteiger partial charge < -0.3 is 9.72 Å². The van der Waals surface area contributed by atoms with Crippen LogP contribution in [0.25, 0.3) is 16.7 Å². The quantitative estimate of drug-likeness (QED) is 0.679. The Morgan fingerprint density at radius 1 is 1.36 bits per heavy atom. The first-order valence-electron chi connectivity index (χ1n) is 7.54. The second-order valence-electron chi connectivity index (χ2n) is 5.06. The summed E-state index contributed by atoms with van der Waals surface area (Å²) in [6, 6.07) is 5.36. The largest absolute Gasteiger partial charge is 0.488 e. The molecule has 2 heterocycles. The van der Waals surface area contributed by atoms with Gasteiger partial charge >= 0.3 is 0 Å². The summed E-state index contributed by atoms with van der Waals surface area (Å²) in [5.74, 6) is -0.623. The van der Waals surface area contributed by atoms with Crippen LogP contribution in [0.2, 0.25) is 0 Å². The van der Waals surface area contributed by atoms with Crippen molar-refractivity contribution in [2.75, 3.05) is 19.0 Å². The van der Waals surface area contributed by atoms with Gasteiger partial charge in [-0.1, -0.05) is 6.92 Å². The predicted octanol–water partition coefficient (Wildman–Crippen LogP) is 2.33. The Balaban J connectivity index is 2.20. The summed E-state index contributed by atoms with van der Waals surface area (Å²) in [5, 5.41) is 0.328. The highest BCUT2D eigenvalue weighted by atomic mass is 32.2. The van der Waals surface area contributed by atoms with Gasteiger partial charge in [-0.15, -0.1) is 0 Å². The molecule has 2 aromatic heterocycles. The number of nitrogens with zero attached hydrogens (tertiary/aromatic N) is 2. The van der Waals surface area contributed by atoms with Crippen LogP contribution in [0.4, 0.5) is 8.78 Å². The number of aromatic amines is 1. The lowest BCUT2D eigenvalue weighted by atomic mass is 10.2. The van der Waals surface area contributed by atoms with E-state index in [2.05, 4.69) is 9.97 Å². The summed E-state index contributed by atoms with van der Waals surface area (Å²) < 4.78 is 44.8. The molecule has 25 heavy (non-hydrogen) atoms. The van der Waals surface area contributed by atoms with Crippen molar-refractivity contribution in [1.29, 1.82) is 0 Å². The van der Waals surface area contributed by atoms with E-state index in [9.17, 15) is 17.8 Å². The molecule has 1 atom stereocenters. The van der Waals surface area contributed by atoms with Crippen molar-refractivity contribution in [3.8, 4) is 11.4 Å². The van der Waals surface area contributed by atoms with Gasteiger partial charge in [-0.25, -0.2) is 13.8 Å². The van der Waals surface area contributed by atoms with Gasteiger partial charge in [-0.05, 0) is 18.2 Å². The highest BCUT2D eigenvalue weighted by Gasteiger charge is 2.18. The second-order valence-corrected chi connectivity index (χ2v) is 6.69. The number of benzene rings is 1. The van der Waals surface area contributed by atoms with Crippen LogP contribution in [0.15, 0.2) is 40.4 Å². The number of halogens is 2. The molecule has 1 aromatic carbocycles. The maximum Gasteiger partial charge on any atom is 0.268 e. The third kappa shape index (κ3) is 3.19. The molecular formula is C16H15F2N3O3S. The summed E-state index contributed by atoms with van der Waals surface area (Å²) in [5.41, 5.74) is 0.0313. The molecule has 3 aromatic rings. The maximum absolute atomic E-state index is 14.2. The lowest BCUT2D eigenvalue weighted by molar-refractivity contribution is 0.262. The van der Waals surface area contributed by atoms with E-state index < -0.39 is 28.9 Å². The highest BCUT2D eigenvalue weighted by Crippen LogP contribution is 2.22. The van der Waals surface area contributed by atoms with Crippen molar-refractivity contribution in [2.45, 2.75) is 12.1 Å². The molecule has 0 saturated carbocycles. The summed E-state index contributed by atoms with van der Waals surface area (Å²) in [6.45, 7) is 0.687. The van der Waals surface area contributed by atoms with Crippen molar-refractivity contribution in [1.82, 2.24) is 14.5 Å². The Kier molecular flexibility index (Phi) is 4.93. The lowest BCUT2D eigenvalue weighted by Gasteiger charge is -2.13. The first kappa shape index (κ1) is 17.3. The maximum atomic E-state index is 14.2. The number of hydrogen-bond acceptors (Lipinski definition) is 4. The minimum absolute atomic E-state index is 0.0271. The molecule has 132 valence electrons. The minimum Gasteiger partial charge on any atom is -0.488 e. The molecule has 3 rings (SSSR count). The standard InChI is InChI=1S/C16H15F2N3O3S/c1-2-25(23)16-20-14-11(5-7-19-14)15(22)21(16)10-3-4-13(12(18)9-10)24-8-6-17/h3-5,7,9,19H,2,6,8H2,1H3. The average Bonchev–Trinajstić information content (AvgIpc) is 3.09. The van der Waals surface area contributed by atoms with Crippen LogP contribution in [-0.4, -0.2) is 37.8 Å². The summed E-state index contributed by atoms with van der Waals surface area (Å²) in [6.07, 6.45) is 1.55. The van der Waals surface area contributed by atoms with Gasteiger partial charge in [0.15, 0.2) is 11.6 Å². The van der Waals surface area contributed by atoms with Crippen molar-refractivity contribution in [2.24, 2.45) is 0 Å². The van der Waals surface area contributed by atoms with Gasteiger partial charge in [0.2, 0.25) is 5.16 Å². The first-order chi connectivity index (χ1) is 12.1. The normalized spacial score (nSPS) is 12.4. The van der Waals surface area contributed by atoms with Gasteiger partial charge in [0.05, 0.1) is 21.9 Å². The Hall–Kier alpha value is -2.55. The van der Waals surface area contributed by atoms with E-state index in [-0.39, 0.29) is 29.0 Å². The molecule has 0 fully saturated rings. The van der Waals surface area contributed by atoms with E-state index in [1.165, 1.54) is 12.1 Å². The van der Waals surface area contributed by atoms with Crippen LogP contribution in [0, 0.1) is 5.82 Å². The van der Waals surface area contributed by atoms with Crippen LogP contribution in [0.5, 0.6) is 5.75 Å². The number of fused-ring (bicyclic) bond motifs is 1. The summed E-state index contributed by atoms with van der Waals surface area (Å²) in [4.78, 5) is 19.8. The molecule has 0 spiro atoms. The van der Waals surface area contributed by atoms with E-state index >= 15 is 0 Å². The zero-order valence-electron chi connectivity index (χ0n) is 13.3. The molecular weight excluding hydrogens is 352 g/mol. The number of nitrogens with one attached hydrogen (secondary N) is 1. The molecule has 9 heteroatoms. The number of alkyl halides is 1. The van der Waals surface area contributed by atoms with Gasteiger partial charge in [-0.3, -0.25) is 13.6 Å². The Labute approximate surface area is 143 Å². The summed E-state index contributed by atoms with van der Waals surface area (Å²) in [7, 11) is -1.54. The van der Waals surface area contributed by atoms with Gasteiger partial charge in [0, 0.05) is 18.0 Å². The Morgan fingerprint density at radius 3 is 2.84 bits per heavy atom. The van der Waals surface area contributed by atoms with E-state index in [1.807, 2.05) is 0 Å². The monoisotopic (exact) mass is 367 g/mol. The number of rotatable bonds is 6. The van der Waals surface area contributed by atoms with Gasteiger partial charge in [-0.2, -0.15) is 0 Å². The van der Waals surface area contributed by atoms with Crippen LogP contribution in [0.1, 0.15) is 6.92 Å². The average molecular weight is 367 g/mol. The van der Waals surface area contributed by atoms with Crippen molar-refractivity contribution in [3.63, 3.8) is 0 Å².